The Morgan fingerprint density at radius 2 is 1.83 bits per heavy atom. The molecule has 2 heterocycles. The molecule has 1 aliphatic heterocycles. The number of piperidine rings is 1. The van der Waals surface area contributed by atoms with Gasteiger partial charge in [0.05, 0.1) is 17.9 Å². The predicted octanol–water partition coefficient (Wildman–Crippen LogP) is 3.28. The SMILES string of the molecule is Cc1nn(CCC(=O)NCc2ccc(Cl)cc2)c(C)c1S(=O)(=O)N1CCC(C)CC1. The van der Waals surface area contributed by atoms with E-state index in [0.717, 1.165) is 18.4 Å². The van der Waals surface area contributed by atoms with E-state index in [9.17, 15) is 13.2 Å². The number of hydrogen-bond donors (Lipinski definition) is 1. The van der Waals surface area contributed by atoms with Gasteiger partial charge in [0.2, 0.25) is 15.9 Å². The number of rotatable bonds is 7. The topological polar surface area (TPSA) is 84.3 Å². The molecule has 1 amide bonds. The average Bonchev–Trinajstić information content (AvgIpc) is 3.00. The van der Waals surface area contributed by atoms with Crippen LogP contribution in [0.25, 0.3) is 0 Å². The highest BCUT2D eigenvalue weighted by atomic mass is 35.5. The number of carbonyl (C=O) groups excluding carboxylic acids is 1. The van der Waals surface area contributed by atoms with Gasteiger partial charge in [-0.25, -0.2) is 8.42 Å². The summed E-state index contributed by atoms with van der Waals surface area (Å²) in [5.74, 6) is 0.430. The molecule has 9 heteroatoms. The first kappa shape index (κ1) is 22.8. The molecule has 7 nitrogen and oxygen atoms in total. The Morgan fingerprint density at radius 3 is 2.47 bits per heavy atom. The van der Waals surface area contributed by atoms with Crippen molar-refractivity contribution in [1.29, 1.82) is 0 Å². The zero-order valence-corrected chi connectivity index (χ0v) is 19.3. The summed E-state index contributed by atoms with van der Waals surface area (Å²) in [6, 6.07) is 7.29. The molecule has 1 saturated heterocycles. The fourth-order valence-electron chi connectivity index (χ4n) is 3.72. The van der Waals surface area contributed by atoms with Crippen LogP contribution in [0.3, 0.4) is 0 Å². The van der Waals surface area contributed by atoms with Crippen LogP contribution in [0.5, 0.6) is 0 Å². The first-order chi connectivity index (χ1) is 14.2. The number of benzene rings is 1. The van der Waals surface area contributed by atoms with E-state index in [1.807, 2.05) is 12.1 Å². The number of aryl methyl sites for hydroxylation is 2. The summed E-state index contributed by atoms with van der Waals surface area (Å²) >= 11 is 5.87. The molecule has 0 radical (unpaired) electrons. The van der Waals surface area contributed by atoms with Crippen molar-refractivity contribution in [3.05, 3.63) is 46.2 Å². The molecule has 164 valence electrons. The highest BCUT2D eigenvalue weighted by molar-refractivity contribution is 7.89. The van der Waals surface area contributed by atoms with E-state index in [1.165, 1.54) is 0 Å². The Labute approximate surface area is 183 Å². The van der Waals surface area contributed by atoms with Gasteiger partial charge in [-0.2, -0.15) is 9.40 Å². The van der Waals surface area contributed by atoms with Crippen LogP contribution in [0.2, 0.25) is 5.02 Å². The molecule has 1 N–H and O–H groups in total. The molecule has 3 rings (SSSR count). The Kier molecular flexibility index (Phi) is 7.21. The Bertz CT molecular complexity index is 994. The minimum atomic E-state index is -3.58. The number of nitrogens with one attached hydrogen (secondary N) is 1. The van der Waals surface area contributed by atoms with E-state index in [2.05, 4.69) is 17.3 Å². The second-order valence-electron chi connectivity index (χ2n) is 7.96. The Morgan fingerprint density at radius 1 is 1.20 bits per heavy atom. The van der Waals surface area contributed by atoms with Gasteiger partial charge in [-0.3, -0.25) is 9.48 Å². The van der Waals surface area contributed by atoms with Crippen molar-refractivity contribution in [2.24, 2.45) is 5.92 Å². The van der Waals surface area contributed by atoms with Gasteiger partial charge in [-0.05, 0) is 50.3 Å². The van der Waals surface area contributed by atoms with Crippen molar-refractivity contribution in [2.75, 3.05) is 13.1 Å². The normalized spacial score (nSPS) is 16.0. The third kappa shape index (κ3) is 5.22. The average molecular weight is 453 g/mol. The minimum absolute atomic E-state index is 0.119. The summed E-state index contributed by atoms with van der Waals surface area (Å²) in [6.07, 6.45) is 1.97. The lowest BCUT2D eigenvalue weighted by atomic mass is 10.0. The lowest BCUT2D eigenvalue weighted by Gasteiger charge is -2.29. The summed E-state index contributed by atoms with van der Waals surface area (Å²) in [4.78, 5) is 12.5. The van der Waals surface area contributed by atoms with Crippen LogP contribution in [0.1, 0.15) is 43.1 Å². The molecule has 0 saturated carbocycles. The molecular weight excluding hydrogens is 424 g/mol. The standard InChI is InChI=1S/C21H29ClN4O3S/c1-15-8-11-25(12-9-15)30(28,29)21-16(2)24-26(17(21)3)13-10-20(27)23-14-18-4-6-19(22)7-5-18/h4-7,15H,8-14H2,1-3H3,(H,23,27). The smallest absolute Gasteiger partial charge is 0.246 e. The third-order valence-electron chi connectivity index (χ3n) is 5.61. The fraction of sp³-hybridized carbons (Fsp3) is 0.524. The van der Waals surface area contributed by atoms with Crippen LogP contribution in [0, 0.1) is 19.8 Å². The second-order valence-corrected chi connectivity index (χ2v) is 10.3. The van der Waals surface area contributed by atoms with Gasteiger partial charge in [0, 0.05) is 31.1 Å². The third-order valence-corrected chi connectivity index (χ3v) is 8.01. The lowest BCUT2D eigenvalue weighted by molar-refractivity contribution is -0.121. The quantitative estimate of drug-likeness (QED) is 0.698. The fourth-order valence-corrected chi connectivity index (χ4v) is 5.69. The zero-order chi connectivity index (χ0) is 21.9. The molecule has 0 spiro atoms. The number of carbonyl (C=O) groups is 1. The maximum absolute atomic E-state index is 13.2. The zero-order valence-electron chi connectivity index (χ0n) is 17.7. The number of sulfonamides is 1. The van der Waals surface area contributed by atoms with Gasteiger partial charge < -0.3 is 5.32 Å². The van der Waals surface area contributed by atoms with Gasteiger partial charge in [0.1, 0.15) is 4.90 Å². The second kappa shape index (κ2) is 9.49. The number of nitrogens with zero attached hydrogens (tertiary/aromatic N) is 3. The van der Waals surface area contributed by atoms with E-state index < -0.39 is 10.0 Å². The Hall–Kier alpha value is -1.90. The summed E-state index contributed by atoms with van der Waals surface area (Å²) in [7, 11) is -3.58. The van der Waals surface area contributed by atoms with Crippen molar-refractivity contribution in [3.8, 4) is 0 Å². The van der Waals surface area contributed by atoms with E-state index in [-0.39, 0.29) is 17.2 Å². The molecule has 1 aliphatic rings. The monoisotopic (exact) mass is 452 g/mol. The highest BCUT2D eigenvalue weighted by Gasteiger charge is 2.32. The molecule has 0 aliphatic carbocycles. The van der Waals surface area contributed by atoms with Gasteiger partial charge in [0.15, 0.2) is 0 Å². The molecule has 1 aromatic heterocycles. The number of hydrogen-bond acceptors (Lipinski definition) is 4. The Balaban J connectivity index is 1.62. The summed E-state index contributed by atoms with van der Waals surface area (Å²) in [6.45, 7) is 7.44. The van der Waals surface area contributed by atoms with Crippen molar-refractivity contribution >= 4 is 27.5 Å². The predicted molar refractivity (Wildman–Crippen MR) is 117 cm³/mol. The van der Waals surface area contributed by atoms with Crippen LogP contribution in [0.15, 0.2) is 29.2 Å². The maximum atomic E-state index is 13.2. The summed E-state index contributed by atoms with van der Waals surface area (Å²) < 4.78 is 29.5. The molecule has 0 bridgehead atoms. The minimum Gasteiger partial charge on any atom is -0.352 e. The number of aromatic nitrogens is 2. The summed E-state index contributed by atoms with van der Waals surface area (Å²) in [5, 5.41) is 7.92. The van der Waals surface area contributed by atoms with Gasteiger partial charge in [-0.1, -0.05) is 30.7 Å². The molecule has 30 heavy (non-hydrogen) atoms. The van der Waals surface area contributed by atoms with Crippen LogP contribution in [-0.4, -0.2) is 41.5 Å². The summed E-state index contributed by atoms with van der Waals surface area (Å²) in [5.41, 5.74) is 2.02. The van der Waals surface area contributed by atoms with E-state index in [4.69, 9.17) is 11.6 Å². The van der Waals surface area contributed by atoms with Gasteiger partial charge in [0.25, 0.3) is 0 Å². The van der Waals surface area contributed by atoms with Crippen molar-refractivity contribution < 1.29 is 13.2 Å². The van der Waals surface area contributed by atoms with Crippen molar-refractivity contribution in [1.82, 2.24) is 19.4 Å². The molecular formula is C21H29ClN4O3S. The van der Waals surface area contributed by atoms with E-state index >= 15 is 0 Å². The van der Waals surface area contributed by atoms with Crippen LogP contribution in [-0.2, 0) is 27.9 Å². The molecule has 1 aromatic carbocycles. The number of halogens is 1. The lowest BCUT2D eigenvalue weighted by Crippen LogP contribution is -2.38. The van der Waals surface area contributed by atoms with E-state index in [0.29, 0.717) is 48.5 Å². The molecule has 2 aromatic rings. The number of amides is 1. The first-order valence-corrected chi connectivity index (χ1v) is 12.1. The van der Waals surface area contributed by atoms with Crippen LogP contribution >= 0.6 is 11.6 Å². The molecule has 0 unspecified atom stereocenters. The maximum Gasteiger partial charge on any atom is 0.246 e. The van der Waals surface area contributed by atoms with E-state index in [1.54, 1.807) is 35.0 Å². The van der Waals surface area contributed by atoms with Crippen molar-refractivity contribution in [3.63, 3.8) is 0 Å². The van der Waals surface area contributed by atoms with Gasteiger partial charge in [-0.15, -0.1) is 0 Å². The van der Waals surface area contributed by atoms with Gasteiger partial charge >= 0.3 is 0 Å². The highest BCUT2D eigenvalue weighted by Crippen LogP contribution is 2.27. The van der Waals surface area contributed by atoms with Crippen LogP contribution < -0.4 is 5.32 Å². The first-order valence-electron chi connectivity index (χ1n) is 10.2. The largest absolute Gasteiger partial charge is 0.352 e. The van der Waals surface area contributed by atoms with Crippen molar-refractivity contribution in [2.45, 2.75) is 58.0 Å². The van der Waals surface area contributed by atoms with Crippen LogP contribution in [0.4, 0.5) is 0 Å². The molecule has 1 fully saturated rings. The molecule has 0 atom stereocenters.